The molecule has 2 amide bonds. The molecule has 1 aromatic heterocycles. The van der Waals surface area contributed by atoms with Gasteiger partial charge in [0.05, 0.1) is 28.3 Å². The van der Waals surface area contributed by atoms with Gasteiger partial charge < -0.3 is 15.8 Å². The molecule has 1 unspecified atom stereocenters. The van der Waals surface area contributed by atoms with Crippen LogP contribution in [0.15, 0.2) is 29.6 Å². The second kappa shape index (κ2) is 9.03. The minimum Gasteiger partial charge on any atom is -0.371 e. The summed E-state index contributed by atoms with van der Waals surface area (Å²) in [5.74, 6) is -0.707. The largest absolute Gasteiger partial charge is 0.371 e. The molecule has 0 radical (unpaired) electrons. The molecule has 27 heavy (non-hydrogen) atoms. The molecule has 9 heteroatoms. The topological polar surface area (TPSA) is 84.7 Å². The van der Waals surface area contributed by atoms with Gasteiger partial charge in [0, 0.05) is 26.1 Å². The van der Waals surface area contributed by atoms with Crippen molar-refractivity contribution in [3.05, 3.63) is 50.8 Å². The molecule has 2 heterocycles. The van der Waals surface area contributed by atoms with E-state index in [-0.39, 0.29) is 12.0 Å². The Bertz CT molecular complexity index is 843. The molecule has 1 aromatic carbocycles. The molecule has 1 aliphatic rings. The number of nitrogens with two attached hydrogens (primary N) is 1. The minimum atomic E-state index is -0.552. The van der Waals surface area contributed by atoms with Crippen molar-refractivity contribution in [3.63, 3.8) is 0 Å². The van der Waals surface area contributed by atoms with Crippen LogP contribution in [-0.2, 0) is 9.53 Å². The van der Waals surface area contributed by atoms with Crippen molar-refractivity contribution in [1.29, 1.82) is 0 Å². The number of primary amides is 1. The average Bonchev–Trinajstić information content (AvgIpc) is 3.11. The molecule has 0 aliphatic carbocycles. The minimum absolute atomic E-state index is 0.115. The highest BCUT2D eigenvalue weighted by molar-refractivity contribution is 7.14. The van der Waals surface area contributed by atoms with E-state index < -0.39 is 5.91 Å². The Morgan fingerprint density at radius 2 is 2.11 bits per heavy atom. The fourth-order valence-electron chi connectivity index (χ4n) is 2.87. The first-order valence-corrected chi connectivity index (χ1v) is 10.0. The number of amides is 2. The number of anilines is 1. The average molecular weight is 428 g/mol. The van der Waals surface area contributed by atoms with Crippen LogP contribution in [0.5, 0.6) is 0 Å². The predicted molar refractivity (Wildman–Crippen MR) is 108 cm³/mol. The van der Waals surface area contributed by atoms with E-state index in [1.54, 1.807) is 17.5 Å². The number of carbonyl (C=O) groups is 2. The summed E-state index contributed by atoms with van der Waals surface area (Å²) in [6, 6.07) is 7.07. The molecule has 3 N–H and O–H groups in total. The van der Waals surface area contributed by atoms with Crippen LogP contribution in [0.25, 0.3) is 0 Å². The van der Waals surface area contributed by atoms with Crippen molar-refractivity contribution in [2.24, 2.45) is 5.73 Å². The van der Waals surface area contributed by atoms with Crippen LogP contribution in [0.1, 0.15) is 28.4 Å². The third kappa shape index (κ3) is 5.21. The summed E-state index contributed by atoms with van der Waals surface area (Å²) >= 11 is 13.3. The summed E-state index contributed by atoms with van der Waals surface area (Å²) in [6.45, 7) is 2.57. The third-order valence-electron chi connectivity index (χ3n) is 4.30. The van der Waals surface area contributed by atoms with Gasteiger partial charge in [-0.15, -0.1) is 11.3 Å². The summed E-state index contributed by atoms with van der Waals surface area (Å²) in [6.07, 6.45) is 0.194. The van der Waals surface area contributed by atoms with Gasteiger partial charge in [-0.05, 0) is 29.1 Å². The smallest absolute Gasteiger partial charge is 0.251 e. The zero-order valence-electron chi connectivity index (χ0n) is 14.4. The molecule has 1 saturated heterocycles. The van der Waals surface area contributed by atoms with Gasteiger partial charge in [-0.3, -0.25) is 14.5 Å². The second-order valence-corrected chi connectivity index (χ2v) is 7.89. The number of rotatable bonds is 6. The van der Waals surface area contributed by atoms with E-state index in [0.717, 1.165) is 12.1 Å². The van der Waals surface area contributed by atoms with Crippen LogP contribution in [-0.4, -0.2) is 43.0 Å². The summed E-state index contributed by atoms with van der Waals surface area (Å²) in [7, 11) is 0. The van der Waals surface area contributed by atoms with Crippen LogP contribution in [0, 0.1) is 0 Å². The van der Waals surface area contributed by atoms with E-state index in [4.69, 9.17) is 33.7 Å². The quantitative estimate of drug-likeness (QED) is 0.737. The number of morpholine rings is 1. The fourth-order valence-corrected chi connectivity index (χ4v) is 3.98. The maximum absolute atomic E-state index is 12.2. The zero-order valence-corrected chi connectivity index (χ0v) is 16.7. The van der Waals surface area contributed by atoms with Gasteiger partial charge >= 0.3 is 0 Å². The molecule has 0 saturated carbocycles. The summed E-state index contributed by atoms with van der Waals surface area (Å²) in [5, 5.41) is 5.97. The number of thiophene rings is 1. The molecular weight excluding hydrogens is 409 g/mol. The first-order chi connectivity index (χ1) is 12.9. The number of hydrogen-bond acceptors (Lipinski definition) is 5. The van der Waals surface area contributed by atoms with Crippen molar-refractivity contribution in [3.8, 4) is 0 Å². The molecular formula is C18H19Cl2N3O3S. The normalized spacial score (nSPS) is 17.6. The van der Waals surface area contributed by atoms with Crippen molar-refractivity contribution < 1.29 is 14.3 Å². The van der Waals surface area contributed by atoms with Crippen molar-refractivity contribution in [2.45, 2.75) is 12.5 Å². The van der Waals surface area contributed by atoms with Gasteiger partial charge in [0.25, 0.3) is 5.91 Å². The van der Waals surface area contributed by atoms with E-state index in [2.05, 4.69) is 10.2 Å². The molecule has 2 aromatic rings. The van der Waals surface area contributed by atoms with Crippen molar-refractivity contribution >= 4 is 51.4 Å². The molecule has 3 rings (SSSR count). The van der Waals surface area contributed by atoms with Crippen molar-refractivity contribution in [1.82, 2.24) is 4.90 Å². The van der Waals surface area contributed by atoms with E-state index in [0.29, 0.717) is 46.7 Å². The highest BCUT2D eigenvalue weighted by Gasteiger charge is 2.23. The standard InChI is InChI=1S/C18H19Cl2N3O3S/c19-13-2-1-11(9-14(13)20)15-10-23(6-7-26-15)5-3-16(24)22-18-12(17(21)25)4-8-27-18/h1-2,4,8-9,15H,3,5-7,10H2,(H2,21,25)(H,22,24). The number of halogens is 2. The lowest BCUT2D eigenvalue weighted by molar-refractivity contribution is -0.117. The van der Waals surface area contributed by atoms with Crippen LogP contribution in [0.2, 0.25) is 10.0 Å². The highest BCUT2D eigenvalue weighted by atomic mass is 35.5. The lowest BCUT2D eigenvalue weighted by Gasteiger charge is -2.33. The van der Waals surface area contributed by atoms with Crippen LogP contribution < -0.4 is 11.1 Å². The van der Waals surface area contributed by atoms with Crippen LogP contribution in [0.4, 0.5) is 5.00 Å². The van der Waals surface area contributed by atoms with E-state index in [9.17, 15) is 9.59 Å². The fraction of sp³-hybridized carbons (Fsp3) is 0.333. The second-order valence-electron chi connectivity index (χ2n) is 6.16. The summed E-state index contributed by atoms with van der Waals surface area (Å²) < 4.78 is 5.83. The van der Waals surface area contributed by atoms with Crippen LogP contribution in [0.3, 0.4) is 0 Å². The number of nitrogens with zero attached hydrogens (tertiary/aromatic N) is 1. The van der Waals surface area contributed by atoms with Gasteiger partial charge in [0.2, 0.25) is 5.91 Å². The SMILES string of the molecule is NC(=O)c1ccsc1NC(=O)CCN1CCOC(c2ccc(Cl)c(Cl)c2)C1. The molecule has 0 bridgehead atoms. The number of benzene rings is 1. The maximum atomic E-state index is 12.2. The van der Waals surface area contributed by atoms with Gasteiger partial charge in [0.15, 0.2) is 0 Å². The third-order valence-corrected chi connectivity index (χ3v) is 5.87. The monoisotopic (exact) mass is 427 g/mol. The Labute approximate surface area is 171 Å². The first kappa shape index (κ1) is 20.1. The zero-order chi connectivity index (χ0) is 19.4. The van der Waals surface area contributed by atoms with Crippen LogP contribution >= 0.6 is 34.5 Å². The first-order valence-electron chi connectivity index (χ1n) is 8.40. The number of carbonyl (C=O) groups excluding carboxylic acids is 2. The maximum Gasteiger partial charge on any atom is 0.251 e. The van der Waals surface area contributed by atoms with E-state index in [1.165, 1.54) is 11.3 Å². The molecule has 6 nitrogen and oxygen atoms in total. The molecule has 0 spiro atoms. The Kier molecular flexibility index (Phi) is 6.73. The van der Waals surface area contributed by atoms with E-state index >= 15 is 0 Å². The molecule has 1 atom stereocenters. The Morgan fingerprint density at radius 1 is 1.30 bits per heavy atom. The Hall–Kier alpha value is -1.64. The molecule has 1 aliphatic heterocycles. The molecule has 1 fully saturated rings. The number of nitrogens with one attached hydrogen (secondary N) is 1. The molecule has 144 valence electrons. The number of hydrogen-bond donors (Lipinski definition) is 2. The van der Waals surface area contributed by atoms with Gasteiger partial charge in [-0.1, -0.05) is 29.3 Å². The van der Waals surface area contributed by atoms with Gasteiger partial charge in [-0.2, -0.15) is 0 Å². The van der Waals surface area contributed by atoms with E-state index in [1.807, 2.05) is 12.1 Å². The Balaban J connectivity index is 1.53. The summed E-state index contributed by atoms with van der Waals surface area (Å²) in [5.41, 5.74) is 6.59. The summed E-state index contributed by atoms with van der Waals surface area (Å²) in [4.78, 5) is 25.7. The number of ether oxygens (including phenoxy) is 1. The predicted octanol–water partition coefficient (Wildman–Crippen LogP) is 3.56. The highest BCUT2D eigenvalue weighted by Crippen LogP contribution is 2.29. The Morgan fingerprint density at radius 3 is 2.85 bits per heavy atom. The lowest BCUT2D eigenvalue weighted by atomic mass is 10.1. The van der Waals surface area contributed by atoms with Gasteiger partial charge in [-0.25, -0.2) is 0 Å². The van der Waals surface area contributed by atoms with Gasteiger partial charge in [0.1, 0.15) is 5.00 Å². The lowest BCUT2D eigenvalue weighted by Crippen LogP contribution is -2.39. The van der Waals surface area contributed by atoms with Crippen molar-refractivity contribution in [2.75, 3.05) is 31.6 Å².